The van der Waals surface area contributed by atoms with Crippen LogP contribution >= 0.6 is 0 Å². The predicted molar refractivity (Wildman–Crippen MR) is 112 cm³/mol. The first-order valence-corrected chi connectivity index (χ1v) is 9.72. The van der Waals surface area contributed by atoms with Gasteiger partial charge in [0.1, 0.15) is 6.33 Å². The standard InChI is InChI=1S/C21H22N6O3/c1-16(28)17-2-6-19(7-3-17)25-12-10-24(11-13-25)15-26-14-22-21(23-26)18-4-8-20(9-5-18)27(29)30/h2-9,14H,10-13,15H2,1H3. The Morgan fingerprint density at radius 1 is 1.03 bits per heavy atom. The Hall–Kier alpha value is -3.59. The van der Waals surface area contributed by atoms with E-state index in [-0.39, 0.29) is 11.5 Å². The molecule has 1 saturated heterocycles. The molecule has 0 N–H and O–H groups in total. The molecule has 0 atom stereocenters. The largest absolute Gasteiger partial charge is 0.369 e. The summed E-state index contributed by atoms with van der Waals surface area (Å²) in [6.07, 6.45) is 1.68. The molecule has 1 aliphatic heterocycles. The van der Waals surface area contributed by atoms with E-state index >= 15 is 0 Å². The van der Waals surface area contributed by atoms with Crippen molar-refractivity contribution in [1.29, 1.82) is 0 Å². The number of aromatic nitrogens is 3. The average molecular weight is 406 g/mol. The number of Topliss-reactive ketones (excluding diaryl/α,β-unsaturated/α-hetero) is 1. The minimum absolute atomic E-state index is 0.0481. The maximum absolute atomic E-state index is 11.4. The van der Waals surface area contributed by atoms with Crippen molar-refractivity contribution in [3.63, 3.8) is 0 Å². The van der Waals surface area contributed by atoms with Gasteiger partial charge in [0.25, 0.3) is 5.69 Å². The van der Waals surface area contributed by atoms with Crippen LogP contribution in [0.25, 0.3) is 11.4 Å². The summed E-state index contributed by atoms with van der Waals surface area (Å²) >= 11 is 0. The predicted octanol–water partition coefficient (Wildman–Crippen LogP) is 2.84. The van der Waals surface area contributed by atoms with Crippen LogP contribution in [0.15, 0.2) is 54.9 Å². The highest BCUT2D eigenvalue weighted by molar-refractivity contribution is 5.94. The highest BCUT2D eigenvalue weighted by atomic mass is 16.6. The number of carbonyl (C=O) groups is 1. The zero-order chi connectivity index (χ0) is 21.1. The topological polar surface area (TPSA) is 97.4 Å². The number of hydrogen-bond acceptors (Lipinski definition) is 7. The molecule has 0 unspecified atom stereocenters. The lowest BCUT2D eigenvalue weighted by Crippen LogP contribution is -2.46. The van der Waals surface area contributed by atoms with Gasteiger partial charge in [-0.05, 0) is 43.3 Å². The van der Waals surface area contributed by atoms with Crippen molar-refractivity contribution in [2.45, 2.75) is 13.6 Å². The molecule has 3 aromatic rings. The minimum Gasteiger partial charge on any atom is -0.369 e. The van der Waals surface area contributed by atoms with Gasteiger partial charge in [-0.15, -0.1) is 5.10 Å². The normalized spacial score (nSPS) is 14.6. The van der Waals surface area contributed by atoms with Gasteiger partial charge in [-0.1, -0.05) is 0 Å². The molecule has 0 spiro atoms. The number of nitro benzene ring substituents is 1. The second-order valence-electron chi connectivity index (χ2n) is 7.26. The van der Waals surface area contributed by atoms with Crippen molar-refractivity contribution in [3.05, 3.63) is 70.5 Å². The molecule has 9 nitrogen and oxygen atoms in total. The number of benzene rings is 2. The molecule has 1 fully saturated rings. The van der Waals surface area contributed by atoms with Crippen molar-refractivity contribution < 1.29 is 9.72 Å². The van der Waals surface area contributed by atoms with Crippen LogP contribution in [-0.2, 0) is 6.67 Å². The SMILES string of the molecule is CC(=O)c1ccc(N2CCN(Cn3cnc(-c4ccc([N+](=O)[O-])cc4)n3)CC2)cc1. The Morgan fingerprint density at radius 2 is 1.70 bits per heavy atom. The summed E-state index contributed by atoms with van der Waals surface area (Å²) in [5.41, 5.74) is 2.65. The Labute approximate surface area is 173 Å². The van der Waals surface area contributed by atoms with Gasteiger partial charge in [-0.2, -0.15) is 0 Å². The first-order valence-electron chi connectivity index (χ1n) is 9.72. The Kier molecular flexibility index (Phi) is 5.53. The van der Waals surface area contributed by atoms with Gasteiger partial charge >= 0.3 is 0 Å². The molecule has 1 aliphatic rings. The lowest BCUT2D eigenvalue weighted by molar-refractivity contribution is -0.384. The van der Waals surface area contributed by atoms with Gasteiger partial charge in [0.2, 0.25) is 0 Å². The van der Waals surface area contributed by atoms with E-state index in [1.165, 1.54) is 12.1 Å². The highest BCUT2D eigenvalue weighted by Gasteiger charge is 2.18. The third-order valence-electron chi connectivity index (χ3n) is 5.23. The molecule has 9 heteroatoms. The molecule has 0 aliphatic carbocycles. The van der Waals surface area contributed by atoms with Gasteiger partial charge in [0.15, 0.2) is 11.6 Å². The Balaban J connectivity index is 1.33. The van der Waals surface area contributed by atoms with Crippen LogP contribution in [0, 0.1) is 10.1 Å². The van der Waals surface area contributed by atoms with Crippen LogP contribution in [0.4, 0.5) is 11.4 Å². The van der Waals surface area contributed by atoms with E-state index in [0.29, 0.717) is 12.5 Å². The fraction of sp³-hybridized carbons (Fsp3) is 0.286. The third kappa shape index (κ3) is 4.36. The van der Waals surface area contributed by atoms with Crippen LogP contribution in [0.5, 0.6) is 0 Å². The first kappa shape index (κ1) is 19.7. The smallest absolute Gasteiger partial charge is 0.269 e. The highest BCUT2D eigenvalue weighted by Crippen LogP contribution is 2.20. The van der Waals surface area contributed by atoms with Gasteiger partial charge in [0.05, 0.1) is 11.6 Å². The van der Waals surface area contributed by atoms with Crippen molar-refractivity contribution in [2.75, 3.05) is 31.1 Å². The summed E-state index contributed by atoms with van der Waals surface area (Å²) in [6.45, 7) is 5.77. The molecular formula is C21H22N6O3. The molecule has 1 aromatic heterocycles. The van der Waals surface area contributed by atoms with Crippen LogP contribution in [0.2, 0.25) is 0 Å². The molecule has 0 amide bonds. The lowest BCUT2D eigenvalue weighted by atomic mass is 10.1. The molecule has 0 saturated carbocycles. The van der Waals surface area contributed by atoms with Crippen molar-refractivity contribution >= 4 is 17.2 Å². The molecule has 4 rings (SSSR count). The summed E-state index contributed by atoms with van der Waals surface area (Å²) in [7, 11) is 0. The number of non-ortho nitro benzene ring substituents is 1. The van der Waals surface area contributed by atoms with E-state index in [0.717, 1.165) is 43.0 Å². The average Bonchev–Trinajstić information content (AvgIpc) is 3.23. The first-order chi connectivity index (χ1) is 14.5. The molecule has 0 radical (unpaired) electrons. The van der Waals surface area contributed by atoms with E-state index in [2.05, 4.69) is 19.9 Å². The maximum Gasteiger partial charge on any atom is 0.269 e. The molecular weight excluding hydrogens is 384 g/mol. The third-order valence-corrected chi connectivity index (χ3v) is 5.23. The van der Waals surface area contributed by atoms with E-state index in [4.69, 9.17) is 0 Å². The quantitative estimate of drug-likeness (QED) is 0.353. The molecule has 2 heterocycles. The van der Waals surface area contributed by atoms with Gasteiger partial charge < -0.3 is 4.90 Å². The number of nitro groups is 1. The number of rotatable bonds is 6. The summed E-state index contributed by atoms with van der Waals surface area (Å²) in [5, 5.41) is 15.3. The lowest BCUT2D eigenvalue weighted by Gasteiger charge is -2.35. The summed E-state index contributed by atoms with van der Waals surface area (Å²) in [5.74, 6) is 0.626. The number of nitrogens with zero attached hydrogens (tertiary/aromatic N) is 6. The monoisotopic (exact) mass is 406 g/mol. The molecule has 154 valence electrons. The van der Waals surface area contributed by atoms with Gasteiger partial charge in [-0.3, -0.25) is 19.8 Å². The van der Waals surface area contributed by atoms with Gasteiger partial charge in [0, 0.05) is 55.1 Å². The van der Waals surface area contributed by atoms with Crippen LogP contribution in [0.3, 0.4) is 0 Å². The number of anilines is 1. The molecule has 2 aromatic carbocycles. The van der Waals surface area contributed by atoms with Crippen molar-refractivity contribution in [2.24, 2.45) is 0 Å². The maximum atomic E-state index is 11.4. The minimum atomic E-state index is -0.423. The second kappa shape index (κ2) is 8.42. The number of ketones is 1. The summed E-state index contributed by atoms with van der Waals surface area (Å²) in [6, 6.07) is 14.0. The number of piperazine rings is 1. The fourth-order valence-corrected chi connectivity index (χ4v) is 3.49. The van der Waals surface area contributed by atoms with Crippen molar-refractivity contribution in [1.82, 2.24) is 19.7 Å². The van der Waals surface area contributed by atoms with Gasteiger partial charge in [-0.25, -0.2) is 9.67 Å². The Morgan fingerprint density at radius 3 is 2.30 bits per heavy atom. The van der Waals surface area contributed by atoms with E-state index < -0.39 is 4.92 Å². The van der Waals surface area contributed by atoms with E-state index in [1.807, 2.05) is 24.3 Å². The van der Waals surface area contributed by atoms with Crippen LogP contribution < -0.4 is 4.90 Å². The zero-order valence-corrected chi connectivity index (χ0v) is 16.6. The number of hydrogen-bond donors (Lipinski definition) is 0. The molecule has 30 heavy (non-hydrogen) atoms. The van der Waals surface area contributed by atoms with E-state index in [1.54, 1.807) is 30.1 Å². The molecule has 0 bridgehead atoms. The summed E-state index contributed by atoms with van der Waals surface area (Å²) < 4.78 is 1.79. The van der Waals surface area contributed by atoms with Crippen LogP contribution in [0.1, 0.15) is 17.3 Å². The Bertz CT molecular complexity index is 1040. The zero-order valence-electron chi connectivity index (χ0n) is 16.6. The second-order valence-corrected chi connectivity index (χ2v) is 7.26. The number of carbonyl (C=O) groups excluding carboxylic acids is 1. The summed E-state index contributed by atoms with van der Waals surface area (Å²) in [4.78, 5) is 30.7. The fourth-order valence-electron chi connectivity index (χ4n) is 3.49. The van der Waals surface area contributed by atoms with Crippen molar-refractivity contribution in [3.8, 4) is 11.4 Å². The van der Waals surface area contributed by atoms with Crippen LogP contribution in [-0.4, -0.2) is 56.5 Å². The van der Waals surface area contributed by atoms with E-state index in [9.17, 15) is 14.9 Å².